The Morgan fingerprint density at radius 1 is 1.56 bits per heavy atom. The average Bonchev–Trinajstić information content (AvgIpc) is 2.71. The third kappa shape index (κ3) is 1.55. The van der Waals surface area contributed by atoms with Crippen molar-refractivity contribution in [2.24, 2.45) is 11.7 Å². The van der Waals surface area contributed by atoms with Crippen LogP contribution in [0.15, 0.2) is 0 Å². The molecular formula is C11H18N2O3. The van der Waals surface area contributed by atoms with Crippen LogP contribution >= 0.6 is 0 Å². The van der Waals surface area contributed by atoms with Gasteiger partial charge in [-0.25, -0.2) is 0 Å². The van der Waals surface area contributed by atoms with Gasteiger partial charge in [-0.3, -0.25) is 14.9 Å². The topological polar surface area (TPSA) is 92.4 Å². The molecule has 4 atom stereocenters. The highest BCUT2D eigenvalue weighted by atomic mass is 16.4. The molecule has 0 spiro atoms. The third-order valence-electron chi connectivity index (χ3n) is 3.92. The van der Waals surface area contributed by atoms with E-state index in [9.17, 15) is 9.59 Å². The van der Waals surface area contributed by atoms with Crippen molar-refractivity contribution in [3.05, 3.63) is 0 Å². The van der Waals surface area contributed by atoms with E-state index in [4.69, 9.17) is 10.8 Å². The molecule has 90 valence electrons. The Morgan fingerprint density at radius 2 is 2.25 bits per heavy atom. The van der Waals surface area contributed by atoms with Crippen molar-refractivity contribution in [1.29, 1.82) is 0 Å². The lowest BCUT2D eigenvalue weighted by Gasteiger charge is -2.30. The monoisotopic (exact) mass is 226 g/mol. The maximum Gasteiger partial charge on any atom is 0.320 e. The highest BCUT2D eigenvalue weighted by Gasteiger charge is 2.56. The van der Waals surface area contributed by atoms with Gasteiger partial charge in [0.25, 0.3) is 0 Å². The predicted octanol–water partition coefficient (Wildman–Crippen LogP) is -0.112. The van der Waals surface area contributed by atoms with Gasteiger partial charge in [-0.1, -0.05) is 6.42 Å². The van der Waals surface area contributed by atoms with E-state index in [1.165, 1.54) is 0 Å². The number of ketones is 1. The molecule has 2 rings (SSSR count). The molecule has 2 aliphatic rings. The molecule has 0 aromatic carbocycles. The summed E-state index contributed by atoms with van der Waals surface area (Å²) >= 11 is 0. The summed E-state index contributed by atoms with van der Waals surface area (Å²) in [6.45, 7) is 1.67. The van der Waals surface area contributed by atoms with E-state index in [1.54, 1.807) is 6.92 Å². The first-order valence-corrected chi connectivity index (χ1v) is 5.78. The Morgan fingerprint density at radius 3 is 2.81 bits per heavy atom. The van der Waals surface area contributed by atoms with E-state index >= 15 is 0 Å². The molecule has 1 aliphatic carbocycles. The minimum absolute atomic E-state index is 0.0289. The number of carboxylic acid groups (broad SMARTS) is 1. The van der Waals surface area contributed by atoms with Crippen molar-refractivity contribution in [3.63, 3.8) is 0 Å². The Bertz CT molecular complexity index is 329. The number of Topliss-reactive ketones (excluding diaryl/α,β-unsaturated/α-hetero) is 1. The van der Waals surface area contributed by atoms with Gasteiger partial charge < -0.3 is 10.8 Å². The standard InChI is InChI=1S/C11H18N2O3/c1-6(12)9(14)11-4-2-3-7(11)5-8(13-11)10(15)16/h6-8,13H,2-5,12H2,1H3,(H,15,16)/t6-,7?,8?,11?/m0/s1. The summed E-state index contributed by atoms with van der Waals surface area (Å²) < 4.78 is 0. The fourth-order valence-corrected chi connectivity index (χ4v) is 3.21. The zero-order valence-corrected chi connectivity index (χ0v) is 9.40. The van der Waals surface area contributed by atoms with Crippen LogP contribution in [0.25, 0.3) is 0 Å². The Labute approximate surface area is 94.4 Å². The lowest BCUT2D eigenvalue weighted by molar-refractivity contribution is -0.139. The van der Waals surface area contributed by atoms with Crippen molar-refractivity contribution < 1.29 is 14.7 Å². The van der Waals surface area contributed by atoms with Gasteiger partial charge in [0.05, 0.1) is 11.6 Å². The lowest BCUT2D eigenvalue weighted by Crippen LogP contribution is -2.57. The number of hydrogen-bond acceptors (Lipinski definition) is 4. The summed E-state index contributed by atoms with van der Waals surface area (Å²) in [5, 5.41) is 12.0. The van der Waals surface area contributed by atoms with Crippen LogP contribution in [0.3, 0.4) is 0 Å². The number of carbonyl (C=O) groups excluding carboxylic acids is 1. The second-order valence-corrected chi connectivity index (χ2v) is 4.98. The van der Waals surface area contributed by atoms with E-state index in [0.29, 0.717) is 6.42 Å². The largest absolute Gasteiger partial charge is 0.480 e. The van der Waals surface area contributed by atoms with Gasteiger partial charge >= 0.3 is 5.97 Å². The summed E-state index contributed by atoms with van der Waals surface area (Å²) in [6.07, 6.45) is 3.17. The number of hydrogen-bond donors (Lipinski definition) is 3. The van der Waals surface area contributed by atoms with Crippen LogP contribution in [0.5, 0.6) is 0 Å². The van der Waals surface area contributed by atoms with Gasteiger partial charge in [0.1, 0.15) is 6.04 Å². The molecule has 16 heavy (non-hydrogen) atoms. The van der Waals surface area contributed by atoms with Crippen molar-refractivity contribution >= 4 is 11.8 Å². The van der Waals surface area contributed by atoms with E-state index in [1.807, 2.05) is 0 Å². The molecule has 0 aromatic heterocycles. The molecule has 5 heteroatoms. The number of carboxylic acids is 1. The average molecular weight is 226 g/mol. The molecule has 0 bridgehead atoms. The molecule has 5 nitrogen and oxygen atoms in total. The van der Waals surface area contributed by atoms with Crippen LogP contribution in [-0.2, 0) is 9.59 Å². The summed E-state index contributed by atoms with van der Waals surface area (Å²) in [4.78, 5) is 23.1. The highest BCUT2D eigenvalue weighted by Crippen LogP contribution is 2.44. The zero-order chi connectivity index (χ0) is 11.9. The molecule has 2 fully saturated rings. The molecule has 0 amide bonds. The summed E-state index contributed by atoms with van der Waals surface area (Å²) in [5.74, 6) is -0.753. The van der Waals surface area contributed by atoms with E-state index in [-0.39, 0.29) is 11.7 Å². The van der Waals surface area contributed by atoms with E-state index in [2.05, 4.69) is 5.32 Å². The van der Waals surface area contributed by atoms with Crippen LogP contribution in [0.1, 0.15) is 32.6 Å². The van der Waals surface area contributed by atoms with Gasteiger partial charge in [0, 0.05) is 0 Å². The fraction of sp³-hybridized carbons (Fsp3) is 0.818. The zero-order valence-electron chi connectivity index (χ0n) is 9.40. The SMILES string of the molecule is C[C@H](N)C(=O)C12CCCC1CC(C(=O)O)N2. The summed E-state index contributed by atoms with van der Waals surface area (Å²) in [5.41, 5.74) is 5.00. The first kappa shape index (κ1) is 11.5. The first-order chi connectivity index (χ1) is 7.47. The Balaban J connectivity index is 2.24. The second-order valence-electron chi connectivity index (χ2n) is 4.98. The Kier molecular flexibility index (Phi) is 2.75. The van der Waals surface area contributed by atoms with Crippen LogP contribution in [0.4, 0.5) is 0 Å². The fourth-order valence-electron chi connectivity index (χ4n) is 3.21. The van der Waals surface area contributed by atoms with Gasteiger partial charge in [-0.2, -0.15) is 0 Å². The predicted molar refractivity (Wildman–Crippen MR) is 57.9 cm³/mol. The quantitative estimate of drug-likeness (QED) is 0.624. The van der Waals surface area contributed by atoms with Crippen LogP contribution < -0.4 is 11.1 Å². The van der Waals surface area contributed by atoms with Crippen molar-refractivity contribution in [2.75, 3.05) is 0 Å². The minimum atomic E-state index is -0.869. The molecule has 1 saturated carbocycles. The number of carbonyl (C=O) groups is 2. The van der Waals surface area contributed by atoms with Crippen LogP contribution in [-0.4, -0.2) is 34.5 Å². The number of aliphatic carboxylic acids is 1. The molecule has 4 N–H and O–H groups in total. The first-order valence-electron chi connectivity index (χ1n) is 5.78. The summed E-state index contributed by atoms with van der Waals surface area (Å²) in [6, 6.07) is -1.12. The van der Waals surface area contributed by atoms with Crippen LogP contribution in [0, 0.1) is 5.92 Å². The maximum absolute atomic E-state index is 12.1. The maximum atomic E-state index is 12.1. The second kappa shape index (κ2) is 3.82. The Hall–Kier alpha value is -0.940. The molecule has 1 heterocycles. The van der Waals surface area contributed by atoms with Gasteiger partial charge in [0.2, 0.25) is 0 Å². The normalized spacial score (nSPS) is 39.4. The van der Waals surface area contributed by atoms with Gasteiger partial charge in [-0.15, -0.1) is 0 Å². The van der Waals surface area contributed by atoms with Crippen molar-refractivity contribution in [3.8, 4) is 0 Å². The minimum Gasteiger partial charge on any atom is -0.480 e. The number of fused-ring (bicyclic) bond motifs is 1. The molecule has 3 unspecified atom stereocenters. The van der Waals surface area contributed by atoms with E-state index < -0.39 is 23.6 Å². The highest BCUT2D eigenvalue weighted by molar-refractivity contribution is 5.94. The van der Waals surface area contributed by atoms with Crippen molar-refractivity contribution in [2.45, 2.75) is 50.2 Å². The van der Waals surface area contributed by atoms with Crippen molar-refractivity contribution in [1.82, 2.24) is 5.32 Å². The van der Waals surface area contributed by atoms with Gasteiger partial charge in [0.15, 0.2) is 5.78 Å². The number of nitrogens with one attached hydrogen (secondary N) is 1. The van der Waals surface area contributed by atoms with E-state index in [0.717, 1.165) is 19.3 Å². The summed E-state index contributed by atoms with van der Waals surface area (Å²) in [7, 11) is 0. The number of rotatable bonds is 3. The molecule has 0 aromatic rings. The lowest BCUT2D eigenvalue weighted by atomic mass is 9.82. The van der Waals surface area contributed by atoms with Crippen LogP contribution in [0.2, 0.25) is 0 Å². The molecule has 1 saturated heterocycles. The number of nitrogens with two attached hydrogens (primary N) is 1. The van der Waals surface area contributed by atoms with Gasteiger partial charge in [-0.05, 0) is 32.1 Å². The molecular weight excluding hydrogens is 208 g/mol. The molecule has 1 aliphatic heterocycles. The smallest absolute Gasteiger partial charge is 0.320 e. The molecule has 0 radical (unpaired) electrons. The third-order valence-corrected chi connectivity index (χ3v) is 3.92.